The predicted molar refractivity (Wildman–Crippen MR) is 53.9 cm³/mol. The average Bonchev–Trinajstić information content (AvgIpc) is 2.87. The van der Waals surface area contributed by atoms with Crippen LogP contribution in [0.3, 0.4) is 0 Å². The van der Waals surface area contributed by atoms with Crippen molar-refractivity contribution in [3.05, 3.63) is 34.9 Å². The molecular formula is C12H15N. The fourth-order valence-electron chi connectivity index (χ4n) is 2.40. The minimum Gasteiger partial charge on any atom is -0.297 e. The summed E-state index contributed by atoms with van der Waals surface area (Å²) in [7, 11) is 0. The molecule has 1 heteroatoms. The summed E-state index contributed by atoms with van der Waals surface area (Å²) in [4.78, 5) is 2.58. The quantitative estimate of drug-likeness (QED) is 0.585. The van der Waals surface area contributed by atoms with Crippen LogP contribution in [0.2, 0.25) is 0 Å². The Balaban J connectivity index is 1.90. The van der Waals surface area contributed by atoms with E-state index >= 15 is 0 Å². The Bertz CT molecular complexity index is 339. The van der Waals surface area contributed by atoms with Crippen molar-refractivity contribution in [1.29, 1.82) is 0 Å². The normalized spacial score (nSPS) is 26.1. The van der Waals surface area contributed by atoms with Gasteiger partial charge in [0.2, 0.25) is 0 Å². The zero-order valence-electron chi connectivity index (χ0n) is 8.09. The predicted octanol–water partition coefficient (Wildman–Crippen LogP) is 1.78. The molecular weight excluding hydrogens is 158 g/mol. The summed E-state index contributed by atoms with van der Waals surface area (Å²) in [5, 5.41) is 0. The summed E-state index contributed by atoms with van der Waals surface area (Å²) in [5.74, 6) is 0. The lowest BCUT2D eigenvalue weighted by Gasteiger charge is -2.07. The van der Waals surface area contributed by atoms with E-state index in [4.69, 9.17) is 0 Å². The van der Waals surface area contributed by atoms with Gasteiger partial charge in [0.25, 0.3) is 0 Å². The van der Waals surface area contributed by atoms with Crippen LogP contribution >= 0.6 is 0 Å². The molecule has 1 aliphatic heterocycles. The van der Waals surface area contributed by atoms with Crippen LogP contribution in [0.1, 0.15) is 16.7 Å². The van der Waals surface area contributed by atoms with Crippen molar-refractivity contribution in [2.24, 2.45) is 0 Å². The van der Waals surface area contributed by atoms with Gasteiger partial charge in [-0.1, -0.05) is 23.8 Å². The van der Waals surface area contributed by atoms with E-state index in [1.54, 1.807) is 11.1 Å². The molecule has 13 heavy (non-hydrogen) atoms. The molecule has 1 aromatic rings. The lowest BCUT2D eigenvalue weighted by atomic mass is 10.1. The van der Waals surface area contributed by atoms with Gasteiger partial charge in [-0.05, 0) is 30.9 Å². The number of fused-ring (bicyclic) bond motifs is 1. The van der Waals surface area contributed by atoms with Gasteiger partial charge in [-0.25, -0.2) is 0 Å². The van der Waals surface area contributed by atoms with Crippen LogP contribution in [0.15, 0.2) is 18.2 Å². The minimum atomic E-state index is 0.830. The van der Waals surface area contributed by atoms with Gasteiger partial charge in [0, 0.05) is 19.1 Å². The van der Waals surface area contributed by atoms with Gasteiger partial charge in [0.05, 0.1) is 0 Å². The van der Waals surface area contributed by atoms with Crippen LogP contribution in [0.25, 0.3) is 0 Å². The first-order valence-electron chi connectivity index (χ1n) is 5.15. The van der Waals surface area contributed by atoms with Crippen molar-refractivity contribution in [3.8, 4) is 0 Å². The number of hydrogen-bond donors (Lipinski definition) is 0. The largest absolute Gasteiger partial charge is 0.297 e. The number of nitrogens with zero attached hydrogens (tertiary/aromatic N) is 1. The Morgan fingerprint density at radius 3 is 2.69 bits per heavy atom. The Kier molecular flexibility index (Phi) is 1.50. The van der Waals surface area contributed by atoms with Crippen LogP contribution in [-0.4, -0.2) is 24.0 Å². The molecule has 1 atom stereocenters. The molecule has 3 rings (SSSR count). The summed E-state index contributed by atoms with van der Waals surface area (Å²) in [5.41, 5.74) is 4.59. The SMILES string of the molecule is Cc1ccc2c(c1)CC(N1CC1)C2. The summed E-state index contributed by atoms with van der Waals surface area (Å²) >= 11 is 0. The van der Waals surface area contributed by atoms with Gasteiger partial charge in [0.15, 0.2) is 0 Å². The topological polar surface area (TPSA) is 3.01 Å². The highest BCUT2D eigenvalue weighted by molar-refractivity contribution is 5.37. The van der Waals surface area contributed by atoms with Crippen LogP contribution in [-0.2, 0) is 12.8 Å². The van der Waals surface area contributed by atoms with E-state index in [1.165, 1.54) is 31.5 Å². The highest BCUT2D eigenvalue weighted by Gasteiger charge is 2.32. The molecule has 0 N–H and O–H groups in total. The van der Waals surface area contributed by atoms with E-state index in [0.29, 0.717) is 0 Å². The lowest BCUT2D eigenvalue weighted by Crippen LogP contribution is -2.18. The molecule has 0 aromatic heterocycles. The average molecular weight is 173 g/mol. The highest BCUT2D eigenvalue weighted by atomic mass is 15.3. The summed E-state index contributed by atoms with van der Waals surface area (Å²) in [6.45, 7) is 4.85. The maximum absolute atomic E-state index is 2.58. The first-order chi connectivity index (χ1) is 6.33. The van der Waals surface area contributed by atoms with E-state index < -0.39 is 0 Å². The fraction of sp³-hybridized carbons (Fsp3) is 0.500. The van der Waals surface area contributed by atoms with Crippen LogP contribution < -0.4 is 0 Å². The number of aryl methyl sites for hydroxylation is 1. The first-order valence-corrected chi connectivity index (χ1v) is 5.15. The lowest BCUT2D eigenvalue weighted by molar-refractivity contribution is 0.414. The van der Waals surface area contributed by atoms with Crippen molar-refractivity contribution in [2.45, 2.75) is 25.8 Å². The maximum Gasteiger partial charge on any atom is 0.0177 e. The van der Waals surface area contributed by atoms with Gasteiger partial charge in [-0.15, -0.1) is 0 Å². The van der Waals surface area contributed by atoms with Gasteiger partial charge in [-0.2, -0.15) is 0 Å². The molecule has 2 aliphatic rings. The molecule has 0 radical (unpaired) electrons. The summed E-state index contributed by atoms with van der Waals surface area (Å²) in [6.07, 6.45) is 2.58. The molecule has 1 aromatic carbocycles. The Hall–Kier alpha value is -0.820. The first kappa shape index (κ1) is 7.57. The molecule has 1 heterocycles. The molecule has 68 valence electrons. The summed E-state index contributed by atoms with van der Waals surface area (Å²) < 4.78 is 0. The molecule has 0 spiro atoms. The second-order valence-corrected chi connectivity index (χ2v) is 4.37. The van der Waals surface area contributed by atoms with Crippen LogP contribution in [0, 0.1) is 6.92 Å². The second-order valence-electron chi connectivity index (χ2n) is 4.37. The number of rotatable bonds is 1. The molecule has 0 bridgehead atoms. The smallest absolute Gasteiger partial charge is 0.0177 e. The Morgan fingerprint density at radius 1 is 1.15 bits per heavy atom. The molecule has 1 nitrogen and oxygen atoms in total. The van der Waals surface area contributed by atoms with Crippen molar-refractivity contribution in [2.75, 3.05) is 13.1 Å². The van der Waals surface area contributed by atoms with Gasteiger partial charge >= 0.3 is 0 Å². The molecule has 0 saturated carbocycles. The standard InChI is InChI=1S/C12H15N/c1-9-2-3-10-7-12(13-4-5-13)8-11(10)6-9/h2-3,6,12H,4-5,7-8H2,1H3. The van der Waals surface area contributed by atoms with Gasteiger partial charge < -0.3 is 0 Å². The number of benzene rings is 1. The van der Waals surface area contributed by atoms with Gasteiger partial charge in [0.1, 0.15) is 0 Å². The van der Waals surface area contributed by atoms with Crippen molar-refractivity contribution < 1.29 is 0 Å². The second kappa shape index (κ2) is 2.58. The highest BCUT2D eigenvalue weighted by Crippen LogP contribution is 2.29. The van der Waals surface area contributed by atoms with E-state index in [-0.39, 0.29) is 0 Å². The van der Waals surface area contributed by atoms with E-state index in [1.807, 2.05) is 0 Å². The molecule has 1 aliphatic carbocycles. The Labute approximate surface area is 79.4 Å². The zero-order valence-corrected chi connectivity index (χ0v) is 8.09. The molecule has 0 amide bonds. The monoisotopic (exact) mass is 173 g/mol. The molecule has 1 saturated heterocycles. The van der Waals surface area contributed by atoms with Crippen molar-refractivity contribution in [1.82, 2.24) is 4.90 Å². The molecule has 1 fully saturated rings. The third-order valence-corrected chi connectivity index (χ3v) is 3.27. The van der Waals surface area contributed by atoms with Crippen molar-refractivity contribution >= 4 is 0 Å². The number of hydrogen-bond acceptors (Lipinski definition) is 1. The van der Waals surface area contributed by atoms with E-state index in [2.05, 4.69) is 30.0 Å². The maximum atomic E-state index is 2.58. The van der Waals surface area contributed by atoms with Crippen LogP contribution in [0.4, 0.5) is 0 Å². The fourth-order valence-corrected chi connectivity index (χ4v) is 2.40. The van der Waals surface area contributed by atoms with E-state index in [0.717, 1.165) is 6.04 Å². The third kappa shape index (κ3) is 1.28. The summed E-state index contributed by atoms with van der Waals surface area (Å²) in [6, 6.07) is 7.74. The van der Waals surface area contributed by atoms with Crippen molar-refractivity contribution in [3.63, 3.8) is 0 Å². The minimum absolute atomic E-state index is 0.830. The van der Waals surface area contributed by atoms with Gasteiger partial charge in [-0.3, -0.25) is 4.90 Å². The molecule has 1 unspecified atom stereocenters. The van der Waals surface area contributed by atoms with Crippen LogP contribution in [0.5, 0.6) is 0 Å². The Morgan fingerprint density at radius 2 is 1.92 bits per heavy atom. The zero-order chi connectivity index (χ0) is 8.84. The van der Waals surface area contributed by atoms with E-state index in [9.17, 15) is 0 Å². The third-order valence-electron chi connectivity index (χ3n) is 3.27.